The highest BCUT2D eigenvalue weighted by atomic mass is 32.2. The number of hydrogen-bond acceptors (Lipinski definition) is 6. The van der Waals surface area contributed by atoms with Gasteiger partial charge in [-0.1, -0.05) is 0 Å². The average Bonchev–Trinajstić information content (AvgIpc) is 2.72. The second-order valence-electron chi connectivity index (χ2n) is 4.46. The lowest BCUT2D eigenvalue weighted by atomic mass is 10.2. The summed E-state index contributed by atoms with van der Waals surface area (Å²) in [6, 6.07) is 1.77. The molecule has 2 rings (SSSR count). The molecule has 0 aliphatic heterocycles. The van der Waals surface area contributed by atoms with Gasteiger partial charge in [0.25, 0.3) is 5.91 Å². The Hall–Kier alpha value is -1.67. The standard InChI is InChI=1S/C12H15N3O3S2/c1-20(17,18)6-2-4-15-12(16)11-10(13)8-3-5-14-7-9(8)19-11/h3,5,7H,2,4,6,13H2,1H3,(H,15,16). The zero-order chi connectivity index (χ0) is 14.8. The lowest BCUT2D eigenvalue weighted by Gasteiger charge is -2.03. The van der Waals surface area contributed by atoms with Gasteiger partial charge in [0.1, 0.15) is 14.7 Å². The lowest BCUT2D eigenvalue weighted by Crippen LogP contribution is -2.25. The number of nitrogens with one attached hydrogen (secondary N) is 1. The Morgan fingerprint density at radius 1 is 1.50 bits per heavy atom. The van der Waals surface area contributed by atoms with Crippen LogP contribution in [0.2, 0.25) is 0 Å². The van der Waals surface area contributed by atoms with Crippen molar-refractivity contribution in [2.75, 3.05) is 24.3 Å². The third kappa shape index (κ3) is 3.45. The minimum atomic E-state index is -3.00. The van der Waals surface area contributed by atoms with Crippen molar-refractivity contribution in [3.63, 3.8) is 0 Å². The number of sulfone groups is 1. The second-order valence-corrected chi connectivity index (χ2v) is 7.77. The molecule has 2 aromatic rings. The summed E-state index contributed by atoms with van der Waals surface area (Å²) in [5.41, 5.74) is 6.38. The number of nitrogens with two attached hydrogens (primary N) is 1. The summed E-state index contributed by atoms with van der Waals surface area (Å²) >= 11 is 1.28. The number of hydrogen-bond donors (Lipinski definition) is 2. The molecule has 8 heteroatoms. The number of fused-ring (bicyclic) bond motifs is 1. The van der Waals surface area contributed by atoms with Gasteiger partial charge in [-0.05, 0) is 12.5 Å². The fraction of sp³-hybridized carbons (Fsp3) is 0.333. The molecule has 0 bridgehead atoms. The molecule has 0 fully saturated rings. The third-order valence-electron chi connectivity index (χ3n) is 2.72. The van der Waals surface area contributed by atoms with Crippen LogP contribution < -0.4 is 11.1 Å². The Morgan fingerprint density at radius 2 is 2.25 bits per heavy atom. The first kappa shape index (κ1) is 14.7. The highest BCUT2D eigenvalue weighted by Crippen LogP contribution is 2.32. The number of carbonyl (C=O) groups excluding carboxylic acids is 1. The summed E-state index contributed by atoms with van der Waals surface area (Å²) in [5.74, 6) is -0.226. The van der Waals surface area contributed by atoms with Crippen molar-refractivity contribution in [1.82, 2.24) is 10.3 Å². The van der Waals surface area contributed by atoms with Gasteiger partial charge in [-0.25, -0.2) is 8.42 Å². The Labute approximate surface area is 120 Å². The zero-order valence-corrected chi connectivity index (χ0v) is 12.6. The number of aromatic nitrogens is 1. The molecule has 0 atom stereocenters. The maximum Gasteiger partial charge on any atom is 0.263 e. The molecule has 0 aliphatic rings. The fourth-order valence-electron chi connectivity index (χ4n) is 1.76. The van der Waals surface area contributed by atoms with Crippen molar-refractivity contribution in [1.29, 1.82) is 0 Å². The summed E-state index contributed by atoms with van der Waals surface area (Å²) in [4.78, 5) is 16.4. The summed E-state index contributed by atoms with van der Waals surface area (Å²) in [7, 11) is -3.00. The van der Waals surface area contributed by atoms with E-state index < -0.39 is 9.84 Å². The molecule has 0 aromatic carbocycles. The third-order valence-corrected chi connectivity index (χ3v) is 4.90. The molecule has 0 saturated carbocycles. The van der Waals surface area contributed by atoms with E-state index in [4.69, 9.17) is 5.73 Å². The number of carbonyl (C=O) groups is 1. The minimum absolute atomic E-state index is 0.0547. The van der Waals surface area contributed by atoms with Crippen molar-refractivity contribution in [2.24, 2.45) is 0 Å². The van der Waals surface area contributed by atoms with Crippen molar-refractivity contribution in [3.05, 3.63) is 23.3 Å². The van der Waals surface area contributed by atoms with Gasteiger partial charge in [0, 0.05) is 30.6 Å². The molecule has 0 radical (unpaired) electrons. The number of amides is 1. The van der Waals surface area contributed by atoms with E-state index in [9.17, 15) is 13.2 Å². The molecule has 2 aromatic heterocycles. The molecule has 108 valence electrons. The van der Waals surface area contributed by atoms with E-state index in [0.717, 1.165) is 10.1 Å². The van der Waals surface area contributed by atoms with Crippen molar-refractivity contribution in [2.45, 2.75) is 6.42 Å². The average molecular weight is 313 g/mol. The number of nitrogen functional groups attached to an aromatic ring is 1. The molecule has 1 amide bonds. The lowest BCUT2D eigenvalue weighted by molar-refractivity contribution is 0.0958. The fourth-order valence-corrected chi connectivity index (χ4v) is 3.43. The molecule has 0 unspecified atom stereocenters. The van der Waals surface area contributed by atoms with Crippen LogP contribution in [0.5, 0.6) is 0 Å². The van der Waals surface area contributed by atoms with Gasteiger partial charge in [-0.2, -0.15) is 0 Å². The van der Waals surface area contributed by atoms with Gasteiger partial charge in [0.2, 0.25) is 0 Å². The summed E-state index contributed by atoms with van der Waals surface area (Å²) in [6.07, 6.45) is 4.85. The molecule has 6 nitrogen and oxygen atoms in total. The number of pyridine rings is 1. The highest BCUT2D eigenvalue weighted by molar-refractivity contribution is 7.90. The van der Waals surface area contributed by atoms with E-state index in [0.29, 0.717) is 23.5 Å². The molecule has 0 saturated heterocycles. The van der Waals surface area contributed by atoms with E-state index in [1.54, 1.807) is 18.5 Å². The van der Waals surface area contributed by atoms with Gasteiger partial charge in [0.05, 0.1) is 16.1 Å². The Balaban J connectivity index is 2.03. The van der Waals surface area contributed by atoms with Crippen LogP contribution in [0.4, 0.5) is 5.69 Å². The van der Waals surface area contributed by atoms with E-state index in [1.165, 1.54) is 17.6 Å². The van der Waals surface area contributed by atoms with E-state index >= 15 is 0 Å². The van der Waals surface area contributed by atoms with Crippen molar-refractivity contribution in [3.8, 4) is 0 Å². The van der Waals surface area contributed by atoms with E-state index in [1.807, 2.05) is 0 Å². The van der Waals surface area contributed by atoms with Crippen LogP contribution in [-0.4, -0.2) is 37.9 Å². The van der Waals surface area contributed by atoms with Crippen LogP contribution in [0.3, 0.4) is 0 Å². The Morgan fingerprint density at radius 3 is 2.90 bits per heavy atom. The predicted octanol–water partition coefficient (Wildman–Crippen LogP) is 1.04. The molecular formula is C12H15N3O3S2. The first-order valence-electron chi connectivity index (χ1n) is 5.96. The van der Waals surface area contributed by atoms with Crippen LogP contribution in [0.1, 0.15) is 16.1 Å². The summed E-state index contributed by atoms with van der Waals surface area (Å²) in [5, 5.41) is 3.49. The molecular weight excluding hydrogens is 298 g/mol. The van der Waals surface area contributed by atoms with Gasteiger partial charge < -0.3 is 11.1 Å². The topological polar surface area (TPSA) is 102 Å². The maximum atomic E-state index is 12.0. The first-order valence-corrected chi connectivity index (χ1v) is 8.84. The van der Waals surface area contributed by atoms with Crippen LogP contribution in [0, 0.1) is 0 Å². The van der Waals surface area contributed by atoms with Crippen molar-refractivity contribution < 1.29 is 13.2 Å². The molecule has 3 N–H and O–H groups in total. The Bertz CT molecular complexity index is 737. The smallest absolute Gasteiger partial charge is 0.263 e. The minimum Gasteiger partial charge on any atom is -0.397 e. The van der Waals surface area contributed by atoms with Crippen molar-refractivity contribution >= 4 is 42.9 Å². The SMILES string of the molecule is CS(=O)(=O)CCCNC(=O)c1sc2cnccc2c1N. The van der Waals surface area contributed by atoms with Crippen LogP contribution in [-0.2, 0) is 9.84 Å². The molecule has 0 aliphatic carbocycles. The van der Waals surface area contributed by atoms with Gasteiger partial charge >= 0.3 is 0 Å². The largest absolute Gasteiger partial charge is 0.397 e. The van der Waals surface area contributed by atoms with E-state index in [2.05, 4.69) is 10.3 Å². The number of thiophene rings is 1. The predicted molar refractivity (Wildman–Crippen MR) is 80.7 cm³/mol. The van der Waals surface area contributed by atoms with Gasteiger partial charge in [-0.15, -0.1) is 11.3 Å². The Kier molecular flexibility index (Phi) is 4.24. The summed E-state index contributed by atoms with van der Waals surface area (Å²) < 4.78 is 22.8. The van der Waals surface area contributed by atoms with Gasteiger partial charge in [0.15, 0.2) is 0 Å². The van der Waals surface area contributed by atoms with E-state index in [-0.39, 0.29) is 11.7 Å². The molecule has 2 heterocycles. The normalized spacial score (nSPS) is 11.7. The quantitative estimate of drug-likeness (QED) is 0.803. The monoisotopic (exact) mass is 313 g/mol. The van der Waals surface area contributed by atoms with Crippen LogP contribution in [0.25, 0.3) is 10.1 Å². The van der Waals surface area contributed by atoms with Gasteiger partial charge in [-0.3, -0.25) is 9.78 Å². The number of anilines is 1. The highest BCUT2D eigenvalue weighted by Gasteiger charge is 2.15. The summed E-state index contributed by atoms with van der Waals surface area (Å²) in [6.45, 7) is 0.303. The number of rotatable bonds is 5. The first-order chi connectivity index (χ1) is 9.38. The second kappa shape index (κ2) is 5.76. The maximum absolute atomic E-state index is 12.0. The molecule has 0 spiro atoms. The van der Waals surface area contributed by atoms with Crippen LogP contribution >= 0.6 is 11.3 Å². The molecule has 20 heavy (non-hydrogen) atoms. The number of nitrogens with zero attached hydrogens (tertiary/aromatic N) is 1. The zero-order valence-electron chi connectivity index (χ0n) is 10.9. The van der Waals surface area contributed by atoms with Crippen LogP contribution in [0.15, 0.2) is 18.5 Å².